The van der Waals surface area contributed by atoms with E-state index in [9.17, 15) is 0 Å². The molecule has 108 valence electrons. The molecule has 3 aromatic rings. The van der Waals surface area contributed by atoms with Crippen LogP contribution < -0.4 is 0 Å². The van der Waals surface area contributed by atoms with Gasteiger partial charge in [-0.2, -0.15) is 4.98 Å². The van der Waals surface area contributed by atoms with E-state index in [0.717, 1.165) is 16.5 Å². The number of halogens is 1. The summed E-state index contributed by atoms with van der Waals surface area (Å²) in [5, 5.41) is 12.4. The average molecular weight is 367 g/mol. The molecule has 21 heavy (non-hydrogen) atoms. The Hall–Kier alpha value is -1.67. The fourth-order valence-corrected chi connectivity index (χ4v) is 2.68. The van der Waals surface area contributed by atoms with Gasteiger partial charge in [0.15, 0.2) is 5.82 Å². The molecule has 0 radical (unpaired) electrons. The van der Waals surface area contributed by atoms with Crippen molar-refractivity contribution in [1.82, 2.24) is 20.3 Å². The fraction of sp³-hybridized carbons (Fsp3) is 0.231. The van der Waals surface area contributed by atoms with E-state index in [2.05, 4.69) is 36.3 Å². The number of benzene rings is 1. The van der Waals surface area contributed by atoms with Gasteiger partial charge in [-0.1, -0.05) is 36.0 Å². The molecule has 3 rings (SSSR count). The van der Waals surface area contributed by atoms with Gasteiger partial charge >= 0.3 is 0 Å². The van der Waals surface area contributed by atoms with Gasteiger partial charge in [0, 0.05) is 10.9 Å². The molecule has 0 atom stereocenters. The molecular formula is C13H11BrN4O2S. The van der Waals surface area contributed by atoms with Crippen molar-refractivity contribution < 1.29 is 8.94 Å². The number of aromatic nitrogens is 4. The molecule has 0 aliphatic rings. The second-order valence-electron chi connectivity index (χ2n) is 4.10. The molecule has 0 aliphatic carbocycles. The van der Waals surface area contributed by atoms with E-state index in [4.69, 9.17) is 8.94 Å². The largest absolute Gasteiger partial charge is 0.411 e. The average Bonchev–Trinajstić information content (AvgIpc) is 3.14. The Morgan fingerprint density at radius 1 is 1.24 bits per heavy atom. The van der Waals surface area contributed by atoms with Crippen LogP contribution in [0.2, 0.25) is 0 Å². The second-order valence-corrected chi connectivity index (χ2v) is 5.88. The van der Waals surface area contributed by atoms with Crippen LogP contribution in [-0.4, -0.2) is 20.3 Å². The topological polar surface area (TPSA) is 77.8 Å². The molecular weight excluding hydrogens is 356 g/mol. The van der Waals surface area contributed by atoms with Gasteiger partial charge in [0.2, 0.25) is 11.8 Å². The molecule has 0 saturated carbocycles. The van der Waals surface area contributed by atoms with Crippen molar-refractivity contribution in [3.63, 3.8) is 0 Å². The number of aryl methyl sites for hydroxylation is 1. The van der Waals surface area contributed by atoms with Gasteiger partial charge in [0.25, 0.3) is 5.22 Å². The zero-order valence-electron chi connectivity index (χ0n) is 11.1. The van der Waals surface area contributed by atoms with Crippen molar-refractivity contribution in [3.8, 4) is 11.5 Å². The first-order valence-corrected chi connectivity index (χ1v) is 8.06. The Morgan fingerprint density at radius 2 is 2.10 bits per heavy atom. The van der Waals surface area contributed by atoms with Gasteiger partial charge in [-0.15, -0.1) is 10.2 Å². The summed E-state index contributed by atoms with van der Waals surface area (Å²) in [7, 11) is 0. The third-order valence-electron chi connectivity index (χ3n) is 2.66. The Balaban J connectivity index is 1.69. The van der Waals surface area contributed by atoms with E-state index >= 15 is 0 Å². The van der Waals surface area contributed by atoms with Crippen LogP contribution >= 0.6 is 27.7 Å². The van der Waals surface area contributed by atoms with Crippen LogP contribution in [0.5, 0.6) is 0 Å². The van der Waals surface area contributed by atoms with E-state index in [-0.39, 0.29) is 0 Å². The van der Waals surface area contributed by atoms with E-state index in [1.165, 1.54) is 11.8 Å². The SMILES string of the molecule is CCc1noc(CSc2nnc(-c3ccccc3Br)o2)n1. The van der Waals surface area contributed by atoms with Gasteiger partial charge in [0.05, 0.1) is 11.3 Å². The summed E-state index contributed by atoms with van der Waals surface area (Å²) in [5.41, 5.74) is 0.864. The van der Waals surface area contributed by atoms with Crippen LogP contribution in [0.15, 0.2) is 42.9 Å². The van der Waals surface area contributed by atoms with Crippen LogP contribution in [0.25, 0.3) is 11.5 Å². The molecule has 0 spiro atoms. The summed E-state index contributed by atoms with van der Waals surface area (Å²) in [6.45, 7) is 1.98. The van der Waals surface area contributed by atoms with Crippen LogP contribution in [0, 0.1) is 0 Å². The number of hydrogen-bond donors (Lipinski definition) is 0. The molecule has 2 aromatic heterocycles. The first-order valence-electron chi connectivity index (χ1n) is 6.29. The van der Waals surface area contributed by atoms with E-state index in [1.54, 1.807) is 0 Å². The lowest BCUT2D eigenvalue weighted by atomic mass is 10.2. The summed E-state index contributed by atoms with van der Waals surface area (Å²) in [4.78, 5) is 4.23. The fourth-order valence-electron chi connectivity index (χ4n) is 1.63. The summed E-state index contributed by atoms with van der Waals surface area (Å²) in [6.07, 6.45) is 0.751. The molecule has 0 unspecified atom stereocenters. The monoisotopic (exact) mass is 366 g/mol. The van der Waals surface area contributed by atoms with Crippen molar-refractivity contribution >= 4 is 27.7 Å². The second kappa shape index (κ2) is 6.40. The number of hydrogen-bond acceptors (Lipinski definition) is 7. The molecule has 8 heteroatoms. The van der Waals surface area contributed by atoms with E-state index in [0.29, 0.717) is 28.6 Å². The van der Waals surface area contributed by atoms with Crippen molar-refractivity contribution in [1.29, 1.82) is 0 Å². The van der Waals surface area contributed by atoms with Crippen LogP contribution in [-0.2, 0) is 12.2 Å². The standard InChI is InChI=1S/C13H11BrN4O2S/c1-2-10-15-11(20-18-10)7-21-13-17-16-12(19-13)8-5-3-4-6-9(8)14/h3-6H,2,7H2,1H3. The van der Waals surface area contributed by atoms with Gasteiger partial charge in [-0.25, -0.2) is 0 Å². The van der Waals surface area contributed by atoms with Crippen molar-refractivity contribution in [2.45, 2.75) is 24.3 Å². The van der Waals surface area contributed by atoms with Gasteiger partial charge in [-0.05, 0) is 28.1 Å². The molecule has 2 heterocycles. The third-order valence-corrected chi connectivity index (χ3v) is 4.15. The van der Waals surface area contributed by atoms with Gasteiger partial charge in [-0.3, -0.25) is 0 Å². The highest BCUT2D eigenvalue weighted by molar-refractivity contribution is 9.10. The zero-order chi connectivity index (χ0) is 14.7. The summed E-state index contributed by atoms with van der Waals surface area (Å²) in [6, 6.07) is 7.69. The Morgan fingerprint density at radius 3 is 2.86 bits per heavy atom. The highest BCUT2D eigenvalue weighted by atomic mass is 79.9. The number of rotatable bonds is 5. The zero-order valence-corrected chi connectivity index (χ0v) is 13.5. The number of nitrogens with zero attached hydrogens (tertiary/aromatic N) is 4. The Bertz CT molecular complexity index is 743. The Kier molecular flexibility index (Phi) is 4.35. The van der Waals surface area contributed by atoms with Gasteiger partial charge in [0.1, 0.15) is 0 Å². The normalized spacial score (nSPS) is 11.0. The molecule has 0 N–H and O–H groups in total. The first-order chi connectivity index (χ1) is 10.3. The smallest absolute Gasteiger partial charge is 0.277 e. The summed E-state index contributed by atoms with van der Waals surface area (Å²) in [5.74, 6) is 2.23. The lowest BCUT2D eigenvalue weighted by Crippen LogP contribution is -1.84. The molecule has 6 nitrogen and oxygen atoms in total. The maximum atomic E-state index is 5.63. The summed E-state index contributed by atoms with van der Waals surface area (Å²) < 4.78 is 11.6. The lowest BCUT2D eigenvalue weighted by Gasteiger charge is -1.96. The first kappa shape index (κ1) is 14.3. The molecule has 0 amide bonds. The van der Waals surface area contributed by atoms with E-state index < -0.39 is 0 Å². The minimum Gasteiger partial charge on any atom is -0.411 e. The maximum absolute atomic E-state index is 5.63. The minimum atomic E-state index is 0.469. The summed E-state index contributed by atoms with van der Waals surface area (Å²) >= 11 is 4.83. The Labute approximate surface area is 133 Å². The molecule has 0 bridgehead atoms. The molecule has 1 aromatic carbocycles. The third kappa shape index (κ3) is 3.33. The van der Waals surface area contributed by atoms with Crippen LogP contribution in [0.4, 0.5) is 0 Å². The van der Waals surface area contributed by atoms with Gasteiger partial charge < -0.3 is 8.94 Å². The van der Waals surface area contributed by atoms with Crippen molar-refractivity contribution in [3.05, 3.63) is 40.5 Å². The van der Waals surface area contributed by atoms with Crippen LogP contribution in [0.1, 0.15) is 18.6 Å². The highest BCUT2D eigenvalue weighted by Gasteiger charge is 2.13. The highest BCUT2D eigenvalue weighted by Crippen LogP contribution is 2.29. The molecule has 0 saturated heterocycles. The lowest BCUT2D eigenvalue weighted by molar-refractivity contribution is 0.384. The van der Waals surface area contributed by atoms with E-state index in [1.807, 2.05) is 31.2 Å². The number of thioether (sulfide) groups is 1. The maximum Gasteiger partial charge on any atom is 0.277 e. The van der Waals surface area contributed by atoms with Crippen molar-refractivity contribution in [2.75, 3.05) is 0 Å². The predicted molar refractivity (Wildman–Crippen MR) is 80.7 cm³/mol. The predicted octanol–water partition coefficient (Wildman–Crippen LogP) is 3.74. The quantitative estimate of drug-likeness (QED) is 0.636. The minimum absolute atomic E-state index is 0.469. The molecule has 0 fully saturated rings. The van der Waals surface area contributed by atoms with Crippen LogP contribution in [0.3, 0.4) is 0 Å². The van der Waals surface area contributed by atoms with Crippen molar-refractivity contribution in [2.24, 2.45) is 0 Å². The molecule has 0 aliphatic heterocycles.